The van der Waals surface area contributed by atoms with E-state index in [2.05, 4.69) is 20.4 Å². The molecule has 8 heteroatoms. The second kappa shape index (κ2) is 8.83. The number of ether oxygens (including phenoxy) is 1. The number of benzene rings is 2. The van der Waals surface area contributed by atoms with Crippen molar-refractivity contribution in [3.63, 3.8) is 0 Å². The van der Waals surface area contributed by atoms with Gasteiger partial charge in [-0.05, 0) is 62.1 Å². The lowest BCUT2D eigenvalue weighted by Gasteiger charge is -2.30. The number of carbonyl (C=O) groups excluding carboxylic acids is 1. The molecule has 1 aliphatic rings. The number of aromatic nitrogens is 1. The Labute approximate surface area is 177 Å². The van der Waals surface area contributed by atoms with E-state index in [0.29, 0.717) is 0 Å². The number of pyridine rings is 1. The van der Waals surface area contributed by atoms with Gasteiger partial charge in [-0.2, -0.15) is 0 Å². The Bertz CT molecular complexity index is 1060. The zero-order valence-corrected chi connectivity index (χ0v) is 16.7. The molecule has 1 aromatic heterocycles. The summed E-state index contributed by atoms with van der Waals surface area (Å²) in [7, 11) is 0. The summed E-state index contributed by atoms with van der Waals surface area (Å²) in [6.45, 7) is 0. The summed E-state index contributed by atoms with van der Waals surface area (Å²) >= 11 is 0. The quantitative estimate of drug-likeness (QED) is 0.579. The van der Waals surface area contributed by atoms with Crippen molar-refractivity contribution in [2.45, 2.75) is 44.1 Å². The summed E-state index contributed by atoms with van der Waals surface area (Å²) in [4.78, 5) is 17.1. The van der Waals surface area contributed by atoms with Crippen molar-refractivity contribution in [1.29, 1.82) is 0 Å². The van der Waals surface area contributed by atoms with E-state index in [1.807, 2.05) is 36.4 Å². The Morgan fingerprint density at radius 1 is 0.935 bits per heavy atom. The third kappa shape index (κ3) is 5.65. The molecule has 5 nitrogen and oxygen atoms in total. The minimum absolute atomic E-state index is 0.0256. The Morgan fingerprint density at radius 3 is 2.45 bits per heavy atom. The molecule has 1 amide bonds. The number of nitrogens with one attached hydrogen (secondary N) is 2. The highest BCUT2D eigenvalue weighted by Gasteiger charge is 2.31. The average molecular weight is 429 g/mol. The minimum atomic E-state index is -4.79. The molecule has 31 heavy (non-hydrogen) atoms. The number of alkyl halides is 3. The van der Waals surface area contributed by atoms with Crippen molar-refractivity contribution in [3.05, 3.63) is 66.2 Å². The number of hydrogen-bond acceptors (Lipinski definition) is 4. The SMILES string of the molecule is O=C(N[C@H]1CC[C@@H](Nc2ccc3ccccc3n2)CC1)c1cccc(OC(F)(F)F)c1. The van der Waals surface area contributed by atoms with Gasteiger partial charge < -0.3 is 15.4 Å². The van der Waals surface area contributed by atoms with E-state index >= 15 is 0 Å². The van der Waals surface area contributed by atoms with Gasteiger partial charge in [0.2, 0.25) is 0 Å². The lowest BCUT2D eigenvalue weighted by Crippen LogP contribution is -2.40. The maximum Gasteiger partial charge on any atom is 0.573 e. The van der Waals surface area contributed by atoms with Crippen molar-refractivity contribution < 1.29 is 22.7 Å². The van der Waals surface area contributed by atoms with Crippen molar-refractivity contribution in [3.8, 4) is 5.75 Å². The molecule has 0 saturated heterocycles. The molecule has 0 radical (unpaired) electrons. The van der Waals surface area contributed by atoms with Crippen LogP contribution in [0.3, 0.4) is 0 Å². The van der Waals surface area contributed by atoms with Gasteiger partial charge in [0.1, 0.15) is 11.6 Å². The summed E-state index contributed by atoms with van der Waals surface area (Å²) in [5.41, 5.74) is 1.08. The van der Waals surface area contributed by atoms with Crippen molar-refractivity contribution in [2.75, 3.05) is 5.32 Å². The first-order valence-corrected chi connectivity index (χ1v) is 10.1. The monoisotopic (exact) mass is 429 g/mol. The van der Waals surface area contributed by atoms with Crippen LogP contribution in [-0.2, 0) is 0 Å². The van der Waals surface area contributed by atoms with Crippen LogP contribution in [0, 0.1) is 0 Å². The zero-order valence-electron chi connectivity index (χ0n) is 16.7. The molecule has 4 rings (SSSR count). The topological polar surface area (TPSA) is 63.2 Å². The van der Waals surface area contributed by atoms with Gasteiger partial charge in [-0.3, -0.25) is 4.79 Å². The Morgan fingerprint density at radius 2 is 1.68 bits per heavy atom. The maximum atomic E-state index is 12.5. The van der Waals surface area contributed by atoms with Gasteiger partial charge >= 0.3 is 6.36 Å². The molecule has 0 unspecified atom stereocenters. The third-order valence-electron chi connectivity index (χ3n) is 5.34. The third-order valence-corrected chi connectivity index (χ3v) is 5.34. The first-order valence-electron chi connectivity index (χ1n) is 10.1. The fourth-order valence-corrected chi connectivity index (χ4v) is 3.84. The largest absolute Gasteiger partial charge is 0.573 e. The normalized spacial score (nSPS) is 19.1. The van der Waals surface area contributed by atoms with Crippen molar-refractivity contribution in [1.82, 2.24) is 10.3 Å². The zero-order chi connectivity index (χ0) is 21.8. The smallest absolute Gasteiger partial charge is 0.406 e. The van der Waals surface area contributed by atoms with E-state index in [1.165, 1.54) is 18.2 Å². The second-order valence-corrected chi connectivity index (χ2v) is 7.63. The Hall–Kier alpha value is -3.29. The number of carbonyl (C=O) groups is 1. The van der Waals surface area contributed by atoms with Crippen LogP contribution in [0.25, 0.3) is 10.9 Å². The van der Waals surface area contributed by atoms with Crippen LogP contribution >= 0.6 is 0 Å². The standard InChI is InChI=1S/C23H22F3N3O2/c24-23(25,26)31-19-6-3-5-16(14-19)22(30)28-18-11-9-17(10-12-18)27-21-13-8-15-4-1-2-7-20(15)29-21/h1-8,13-14,17-18H,9-12H2,(H,27,29)(H,28,30)/t17-,18+. The highest BCUT2D eigenvalue weighted by molar-refractivity contribution is 5.94. The highest BCUT2D eigenvalue weighted by Crippen LogP contribution is 2.25. The predicted molar refractivity (Wildman–Crippen MR) is 112 cm³/mol. The van der Waals surface area contributed by atoms with E-state index < -0.39 is 18.0 Å². The lowest BCUT2D eigenvalue weighted by molar-refractivity contribution is -0.274. The molecule has 2 aromatic carbocycles. The number of fused-ring (bicyclic) bond motifs is 1. The lowest BCUT2D eigenvalue weighted by atomic mass is 9.91. The number of halogens is 3. The van der Waals surface area contributed by atoms with Gasteiger partial charge in [0, 0.05) is 23.0 Å². The summed E-state index contributed by atoms with van der Waals surface area (Å²) in [6, 6.07) is 17.3. The average Bonchev–Trinajstić information content (AvgIpc) is 2.74. The number of amides is 1. The number of rotatable bonds is 5. The number of para-hydroxylation sites is 1. The molecular weight excluding hydrogens is 407 g/mol. The van der Waals surface area contributed by atoms with Gasteiger partial charge in [0.15, 0.2) is 0 Å². The van der Waals surface area contributed by atoms with E-state index in [-0.39, 0.29) is 17.6 Å². The number of nitrogens with zero attached hydrogens (tertiary/aromatic N) is 1. The van der Waals surface area contributed by atoms with Gasteiger partial charge in [0.05, 0.1) is 5.52 Å². The van der Waals surface area contributed by atoms with Crippen LogP contribution in [0.2, 0.25) is 0 Å². The molecular formula is C23H22F3N3O2. The predicted octanol–water partition coefficient (Wildman–Crippen LogP) is 5.29. The molecule has 0 aliphatic heterocycles. The highest BCUT2D eigenvalue weighted by atomic mass is 19.4. The summed E-state index contributed by atoms with van der Waals surface area (Å²) in [5.74, 6) is 0.0174. The number of hydrogen-bond donors (Lipinski definition) is 2. The molecule has 2 N–H and O–H groups in total. The van der Waals surface area contributed by atoms with Crippen LogP contribution in [0.15, 0.2) is 60.7 Å². The Kier molecular flexibility index (Phi) is 5.97. The van der Waals surface area contributed by atoms with Crippen LogP contribution in [-0.4, -0.2) is 29.3 Å². The molecule has 162 valence electrons. The fourth-order valence-electron chi connectivity index (χ4n) is 3.84. The molecule has 1 fully saturated rings. The van der Waals surface area contributed by atoms with Crippen molar-refractivity contribution >= 4 is 22.6 Å². The molecule has 0 atom stereocenters. The fraction of sp³-hybridized carbons (Fsp3) is 0.304. The molecule has 3 aromatic rings. The van der Waals surface area contributed by atoms with Crippen LogP contribution in [0.4, 0.5) is 19.0 Å². The first-order chi connectivity index (χ1) is 14.9. The molecule has 1 aliphatic carbocycles. The Balaban J connectivity index is 1.29. The van der Waals surface area contributed by atoms with E-state index in [0.717, 1.165) is 48.5 Å². The first kappa shape index (κ1) is 21.0. The van der Waals surface area contributed by atoms with E-state index in [1.54, 1.807) is 0 Å². The molecule has 0 spiro atoms. The van der Waals surface area contributed by atoms with Crippen LogP contribution in [0.5, 0.6) is 5.75 Å². The minimum Gasteiger partial charge on any atom is -0.406 e. The van der Waals surface area contributed by atoms with Gasteiger partial charge in [0.25, 0.3) is 5.91 Å². The summed E-state index contributed by atoms with van der Waals surface area (Å²) < 4.78 is 41.0. The maximum absolute atomic E-state index is 12.5. The van der Waals surface area contributed by atoms with E-state index in [9.17, 15) is 18.0 Å². The van der Waals surface area contributed by atoms with Crippen LogP contribution < -0.4 is 15.4 Å². The van der Waals surface area contributed by atoms with Gasteiger partial charge in [-0.1, -0.05) is 24.3 Å². The van der Waals surface area contributed by atoms with E-state index in [4.69, 9.17) is 0 Å². The van der Waals surface area contributed by atoms with Gasteiger partial charge in [-0.15, -0.1) is 13.2 Å². The molecule has 1 heterocycles. The second-order valence-electron chi connectivity index (χ2n) is 7.63. The van der Waals surface area contributed by atoms with Gasteiger partial charge in [-0.25, -0.2) is 4.98 Å². The number of anilines is 1. The van der Waals surface area contributed by atoms with Crippen LogP contribution in [0.1, 0.15) is 36.0 Å². The molecule has 0 bridgehead atoms. The summed E-state index contributed by atoms with van der Waals surface area (Å²) in [6.07, 6.45) is -1.53. The van der Waals surface area contributed by atoms with Crippen molar-refractivity contribution in [2.24, 2.45) is 0 Å². The molecule has 1 saturated carbocycles. The summed E-state index contributed by atoms with van der Waals surface area (Å²) in [5, 5.41) is 7.46.